The number of nitro benzene ring substituents is 1. The number of hydrogen-bond acceptors (Lipinski definition) is 3. The molecule has 0 aliphatic heterocycles. The monoisotopic (exact) mass is 283 g/mol. The molecular formula is C14H18ClNO3. The lowest BCUT2D eigenvalue weighted by Crippen LogP contribution is -2.28. The summed E-state index contributed by atoms with van der Waals surface area (Å²) in [6.45, 7) is 4.48. The number of nitro groups is 1. The molecule has 0 N–H and O–H groups in total. The molecule has 1 saturated carbocycles. The van der Waals surface area contributed by atoms with E-state index in [0.29, 0.717) is 5.41 Å². The van der Waals surface area contributed by atoms with Gasteiger partial charge >= 0.3 is 5.69 Å². The molecule has 1 aromatic rings. The molecule has 0 bridgehead atoms. The van der Waals surface area contributed by atoms with Gasteiger partial charge in [0.2, 0.25) is 0 Å². The third kappa shape index (κ3) is 3.38. The van der Waals surface area contributed by atoms with Gasteiger partial charge in [-0.05, 0) is 43.2 Å². The van der Waals surface area contributed by atoms with Crippen molar-refractivity contribution in [3.8, 4) is 5.75 Å². The lowest BCUT2D eigenvalue weighted by atomic mass is 9.76. The Morgan fingerprint density at radius 2 is 2.00 bits per heavy atom. The second-order valence-corrected chi connectivity index (χ2v) is 6.23. The number of nitrogens with zero attached hydrogens (tertiary/aromatic N) is 1. The minimum Gasteiger partial charge on any atom is -0.483 e. The van der Waals surface area contributed by atoms with Crippen molar-refractivity contribution in [1.82, 2.24) is 0 Å². The molecule has 0 radical (unpaired) electrons. The molecule has 0 spiro atoms. The van der Waals surface area contributed by atoms with Gasteiger partial charge in [0.15, 0.2) is 5.75 Å². The van der Waals surface area contributed by atoms with Crippen LogP contribution in [0.15, 0.2) is 18.2 Å². The molecule has 1 aliphatic rings. The van der Waals surface area contributed by atoms with Crippen molar-refractivity contribution in [2.24, 2.45) is 5.41 Å². The van der Waals surface area contributed by atoms with Gasteiger partial charge in [0, 0.05) is 0 Å². The lowest BCUT2D eigenvalue weighted by Gasteiger charge is -2.34. The maximum absolute atomic E-state index is 11.0. The third-order valence-electron chi connectivity index (χ3n) is 3.71. The summed E-state index contributed by atoms with van der Waals surface area (Å²) in [5, 5.41) is 11.2. The van der Waals surface area contributed by atoms with Crippen LogP contribution in [-0.4, -0.2) is 11.0 Å². The van der Waals surface area contributed by atoms with Gasteiger partial charge < -0.3 is 4.74 Å². The summed E-state index contributed by atoms with van der Waals surface area (Å²) in [6.07, 6.45) is 4.05. The van der Waals surface area contributed by atoms with Gasteiger partial charge in [-0.25, -0.2) is 0 Å². The van der Waals surface area contributed by atoms with Gasteiger partial charge in [-0.2, -0.15) is 0 Å². The van der Waals surface area contributed by atoms with Crippen LogP contribution in [0.4, 0.5) is 5.69 Å². The molecule has 0 saturated heterocycles. The molecule has 0 unspecified atom stereocenters. The zero-order valence-corrected chi connectivity index (χ0v) is 11.9. The van der Waals surface area contributed by atoms with Crippen molar-refractivity contribution in [3.63, 3.8) is 0 Å². The fourth-order valence-electron chi connectivity index (χ4n) is 2.44. The Balaban J connectivity index is 2.12. The highest BCUT2D eigenvalue weighted by Crippen LogP contribution is 2.39. The lowest BCUT2D eigenvalue weighted by molar-refractivity contribution is -0.385. The first kappa shape index (κ1) is 14.1. The van der Waals surface area contributed by atoms with Gasteiger partial charge in [-0.1, -0.05) is 31.5 Å². The van der Waals surface area contributed by atoms with Gasteiger partial charge in [0.25, 0.3) is 0 Å². The molecule has 1 aromatic carbocycles. The SMILES string of the molecule is CC1(C)CCC(Oc2cccc(Cl)c2[N+](=O)[O-])CC1. The summed E-state index contributed by atoms with van der Waals surface area (Å²) in [6, 6.07) is 4.80. The van der Waals surface area contributed by atoms with Crippen molar-refractivity contribution < 1.29 is 9.66 Å². The van der Waals surface area contributed by atoms with E-state index < -0.39 is 4.92 Å². The Hall–Kier alpha value is -1.29. The molecular weight excluding hydrogens is 266 g/mol. The number of ether oxygens (including phenoxy) is 1. The Bertz CT molecular complexity index is 478. The van der Waals surface area contributed by atoms with Gasteiger partial charge in [-0.15, -0.1) is 0 Å². The minimum absolute atomic E-state index is 0.0465. The van der Waals surface area contributed by atoms with Crippen LogP contribution < -0.4 is 4.74 Å². The van der Waals surface area contributed by atoms with E-state index in [1.165, 1.54) is 6.07 Å². The molecule has 0 aromatic heterocycles. The summed E-state index contributed by atoms with van der Waals surface area (Å²) >= 11 is 5.87. The van der Waals surface area contributed by atoms with Crippen LogP contribution in [-0.2, 0) is 0 Å². The standard InChI is InChI=1S/C14H18ClNO3/c1-14(2)8-6-10(7-9-14)19-12-5-3-4-11(15)13(12)16(17)18/h3-5,10H,6-9H2,1-2H3. The first-order valence-electron chi connectivity index (χ1n) is 6.49. The molecule has 1 fully saturated rings. The van der Waals surface area contributed by atoms with E-state index >= 15 is 0 Å². The summed E-state index contributed by atoms with van der Waals surface area (Å²) in [7, 11) is 0. The maximum Gasteiger partial charge on any atom is 0.329 e. The quantitative estimate of drug-likeness (QED) is 0.602. The van der Waals surface area contributed by atoms with E-state index in [1.807, 2.05) is 0 Å². The smallest absolute Gasteiger partial charge is 0.329 e. The Morgan fingerprint density at radius 3 is 2.58 bits per heavy atom. The molecule has 0 atom stereocenters. The largest absolute Gasteiger partial charge is 0.483 e. The first-order chi connectivity index (χ1) is 8.89. The van der Waals surface area contributed by atoms with Crippen molar-refractivity contribution >= 4 is 17.3 Å². The number of para-hydroxylation sites is 1. The van der Waals surface area contributed by atoms with E-state index in [-0.39, 0.29) is 22.6 Å². The second kappa shape index (κ2) is 5.37. The van der Waals surface area contributed by atoms with Crippen LogP contribution in [0.3, 0.4) is 0 Å². The Kier molecular flexibility index (Phi) is 3.99. The van der Waals surface area contributed by atoms with Gasteiger partial charge in [0.05, 0.1) is 11.0 Å². The average Bonchev–Trinajstić information content (AvgIpc) is 2.31. The van der Waals surface area contributed by atoms with Crippen LogP contribution in [0.1, 0.15) is 39.5 Å². The van der Waals surface area contributed by atoms with Gasteiger partial charge in [0.1, 0.15) is 5.02 Å². The highest BCUT2D eigenvalue weighted by molar-refractivity contribution is 6.32. The Labute approximate surface area is 117 Å². The number of rotatable bonds is 3. The molecule has 4 nitrogen and oxygen atoms in total. The van der Waals surface area contributed by atoms with Crippen molar-refractivity contribution in [2.45, 2.75) is 45.6 Å². The summed E-state index contributed by atoms with van der Waals surface area (Å²) < 4.78 is 5.80. The molecule has 0 heterocycles. The fraction of sp³-hybridized carbons (Fsp3) is 0.571. The predicted octanol–water partition coefficient (Wildman–Crippen LogP) is 4.60. The van der Waals surface area contributed by atoms with Crippen LogP contribution in [0.25, 0.3) is 0 Å². The molecule has 1 aliphatic carbocycles. The van der Waals surface area contributed by atoms with Crippen molar-refractivity contribution in [3.05, 3.63) is 33.3 Å². The summed E-state index contributed by atoms with van der Waals surface area (Å²) in [5.74, 6) is 0.280. The maximum atomic E-state index is 11.0. The van der Waals surface area contributed by atoms with E-state index in [9.17, 15) is 10.1 Å². The topological polar surface area (TPSA) is 52.4 Å². The molecule has 0 amide bonds. The van der Waals surface area contributed by atoms with Crippen LogP contribution >= 0.6 is 11.6 Å². The number of benzene rings is 1. The number of hydrogen-bond donors (Lipinski definition) is 0. The van der Waals surface area contributed by atoms with Crippen LogP contribution in [0, 0.1) is 15.5 Å². The van der Waals surface area contributed by atoms with E-state index in [0.717, 1.165) is 25.7 Å². The third-order valence-corrected chi connectivity index (χ3v) is 4.02. The molecule has 104 valence electrons. The van der Waals surface area contributed by atoms with E-state index in [2.05, 4.69) is 13.8 Å². The first-order valence-corrected chi connectivity index (χ1v) is 6.86. The number of halogens is 1. The molecule has 5 heteroatoms. The molecule has 19 heavy (non-hydrogen) atoms. The van der Waals surface area contributed by atoms with Crippen molar-refractivity contribution in [2.75, 3.05) is 0 Å². The van der Waals surface area contributed by atoms with E-state index in [1.54, 1.807) is 12.1 Å². The van der Waals surface area contributed by atoms with Crippen LogP contribution in [0.5, 0.6) is 5.75 Å². The van der Waals surface area contributed by atoms with Crippen LogP contribution in [0.2, 0.25) is 5.02 Å². The normalized spacial score (nSPS) is 19.1. The fourth-order valence-corrected chi connectivity index (χ4v) is 2.67. The highest BCUT2D eigenvalue weighted by Gasteiger charge is 2.29. The predicted molar refractivity (Wildman–Crippen MR) is 74.8 cm³/mol. The average molecular weight is 284 g/mol. The zero-order chi connectivity index (χ0) is 14.0. The zero-order valence-electron chi connectivity index (χ0n) is 11.2. The highest BCUT2D eigenvalue weighted by atomic mass is 35.5. The second-order valence-electron chi connectivity index (χ2n) is 5.83. The molecule has 2 rings (SSSR count). The van der Waals surface area contributed by atoms with Gasteiger partial charge in [-0.3, -0.25) is 10.1 Å². The van der Waals surface area contributed by atoms with Crippen molar-refractivity contribution in [1.29, 1.82) is 0 Å². The summed E-state index contributed by atoms with van der Waals surface area (Å²) in [4.78, 5) is 10.5. The summed E-state index contributed by atoms with van der Waals surface area (Å²) in [5.41, 5.74) is 0.217. The van der Waals surface area contributed by atoms with E-state index in [4.69, 9.17) is 16.3 Å². The Morgan fingerprint density at radius 1 is 1.37 bits per heavy atom. The minimum atomic E-state index is -0.482.